The van der Waals surface area contributed by atoms with E-state index in [1.54, 1.807) is 24.3 Å². The number of nitrogens with one attached hydrogen (secondary N) is 1. The number of likely N-dealkylation sites (tertiary alicyclic amines) is 1. The first kappa shape index (κ1) is 19.3. The van der Waals surface area contributed by atoms with Crippen molar-refractivity contribution in [3.63, 3.8) is 0 Å². The minimum Gasteiger partial charge on any atom is -0.454 e. The number of fused-ring (bicyclic) bond motifs is 1. The summed E-state index contributed by atoms with van der Waals surface area (Å²) in [6.07, 6.45) is 5.00. The molecule has 1 heterocycles. The molecule has 8 nitrogen and oxygen atoms in total. The molecule has 1 N–H and O–H groups in total. The minimum absolute atomic E-state index is 0.275. The highest BCUT2D eigenvalue weighted by Crippen LogP contribution is 2.34. The van der Waals surface area contributed by atoms with Crippen molar-refractivity contribution in [1.29, 1.82) is 5.26 Å². The molecule has 3 amide bonds. The van der Waals surface area contributed by atoms with Gasteiger partial charge in [-0.2, -0.15) is 5.26 Å². The Hall–Kier alpha value is -3.47. The summed E-state index contributed by atoms with van der Waals surface area (Å²) in [4.78, 5) is 49.4. The van der Waals surface area contributed by atoms with Crippen molar-refractivity contribution in [3.8, 4) is 6.07 Å². The summed E-state index contributed by atoms with van der Waals surface area (Å²) in [7, 11) is 0. The topological polar surface area (TPSA) is 117 Å². The van der Waals surface area contributed by atoms with Gasteiger partial charge in [0.2, 0.25) is 11.8 Å². The van der Waals surface area contributed by atoms with Gasteiger partial charge < -0.3 is 10.1 Å². The zero-order valence-corrected chi connectivity index (χ0v) is 15.1. The molecule has 1 aromatic carbocycles. The first-order valence-electron chi connectivity index (χ1n) is 8.91. The Morgan fingerprint density at radius 2 is 1.71 bits per heavy atom. The second-order valence-electron chi connectivity index (χ2n) is 6.66. The van der Waals surface area contributed by atoms with Gasteiger partial charge in [0, 0.05) is 5.69 Å². The Kier molecular flexibility index (Phi) is 5.84. The van der Waals surface area contributed by atoms with Crippen LogP contribution in [0.3, 0.4) is 0 Å². The lowest BCUT2D eigenvalue weighted by Gasteiger charge is -2.14. The number of esters is 1. The molecule has 3 rings (SSSR count). The molecule has 1 fully saturated rings. The number of imide groups is 1. The summed E-state index contributed by atoms with van der Waals surface area (Å²) in [5.74, 6) is -2.89. The van der Waals surface area contributed by atoms with E-state index in [9.17, 15) is 19.2 Å². The maximum Gasteiger partial charge on any atom is 0.326 e. The molecule has 2 atom stereocenters. The molecule has 1 aromatic rings. The Morgan fingerprint density at radius 1 is 1.11 bits per heavy atom. The van der Waals surface area contributed by atoms with Crippen LogP contribution in [0.1, 0.15) is 18.4 Å². The number of hydrogen-bond donors (Lipinski definition) is 1. The van der Waals surface area contributed by atoms with Gasteiger partial charge in [0.15, 0.2) is 6.61 Å². The van der Waals surface area contributed by atoms with Crippen LogP contribution in [0.2, 0.25) is 0 Å². The fourth-order valence-electron chi connectivity index (χ4n) is 3.34. The van der Waals surface area contributed by atoms with Crippen molar-refractivity contribution in [3.05, 3.63) is 42.0 Å². The van der Waals surface area contributed by atoms with Crippen molar-refractivity contribution >= 4 is 29.4 Å². The summed E-state index contributed by atoms with van der Waals surface area (Å²) in [5.41, 5.74) is 1.33. The molecule has 8 heteroatoms. The van der Waals surface area contributed by atoms with E-state index in [0.717, 1.165) is 10.5 Å². The molecule has 1 saturated heterocycles. The molecular formula is C20H19N3O5. The van der Waals surface area contributed by atoms with Crippen LogP contribution in [0.4, 0.5) is 5.69 Å². The van der Waals surface area contributed by atoms with E-state index < -0.39 is 36.9 Å². The van der Waals surface area contributed by atoms with Crippen LogP contribution in [-0.2, 0) is 30.3 Å². The molecule has 28 heavy (non-hydrogen) atoms. The fourth-order valence-corrected chi connectivity index (χ4v) is 3.34. The van der Waals surface area contributed by atoms with E-state index in [1.165, 1.54) is 0 Å². The molecule has 0 saturated carbocycles. The van der Waals surface area contributed by atoms with E-state index in [-0.39, 0.29) is 18.2 Å². The summed E-state index contributed by atoms with van der Waals surface area (Å²) in [5, 5.41) is 11.2. The van der Waals surface area contributed by atoms with E-state index in [2.05, 4.69) is 5.32 Å². The standard InChI is InChI=1S/C20H19N3O5/c21-10-9-13-5-7-14(8-6-13)22-17(24)12-28-18(25)11-23-19(26)15-3-1-2-4-16(15)20(23)27/h1-2,5-8,15-16H,3-4,9,11-12H2,(H,22,24)/t15-,16-/m0/s1. The van der Waals surface area contributed by atoms with E-state index in [1.807, 2.05) is 18.2 Å². The number of nitrogens with zero attached hydrogens (tertiary/aromatic N) is 2. The van der Waals surface area contributed by atoms with Gasteiger partial charge in [0.25, 0.3) is 5.91 Å². The van der Waals surface area contributed by atoms with Crippen LogP contribution >= 0.6 is 0 Å². The molecule has 144 valence electrons. The molecule has 0 unspecified atom stereocenters. The van der Waals surface area contributed by atoms with Crippen LogP contribution in [0.5, 0.6) is 0 Å². The van der Waals surface area contributed by atoms with Crippen molar-refractivity contribution in [2.45, 2.75) is 19.3 Å². The molecule has 0 radical (unpaired) electrons. The van der Waals surface area contributed by atoms with Crippen LogP contribution < -0.4 is 5.32 Å². The number of ether oxygens (including phenoxy) is 1. The molecule has 2 aliphatic rings. The number of allylic oxidation sites excluding steroid dienone is 2. The first-order chi connectivity index (χ1) is 13.5. The fraction of sp³-hybridized carbons (Fsp3) is 0.350. The predicted molar refractivity (Wildman–Crippen MR) is 97.4 cm³/mol. The maximum absolute atomic E-state index is 12.3. The van der Waals surface area contributed by atoms with Crippen molar-refractivity contribution in [2.75, 3.05) is 18.5 Å². The Labute approximate surface area is 161 Å². The van der Waals surface area contributed by atoms with Crippen LogP contribution in [0, 0.1) is 23.2 Å². The predicted octanol–water partition coefficient (Wildman–Crippen LogP) is 1.19. The zero-order chi connectivity index (χ0) is 20.1. The lowest BCUT2D eigenvalue weighted by atomic mass is 9.85. The number of carbonyl (C=O) groups excluding carboxylic acids is 4. The average molecular weight is 381 g/mol. The highest BCUT2D eigenvalue weighted by Gasteiger charge is 2.47. The number of hydrogen-bond acceptors (Lipinski definition) is 6. The minimum atomic E-state index is -0.812. The third kappa shape index (κ3) is 4.26. The second kappa shape index (κ2) is 8.48. The van der Waals surface area contributed by atoms with Gasteiger partial charge in [-0.25, -0.2) is 0 Å². The number of anilines is 1. The molecule has 1 aliphatic heterocycles. The quantitative estimate of drug-likeness (QED) is 0.449. The molecule has 0 aromatic heterocycles. The Bertz CT molecular complexity index is 843. The Balaban J connectivity index is 1.46. The Morgan fingerprint density at radius 3 is 2.29 bits per heavy atom. The number of rotatable bonds is 6. The zero-order valence-electron chi connectivity index (χ0n) is 15.1. The van der Waals surface area contributed by atoms with Gasteiger partial charge in [-0.3, -0.25) is 24.1 Å². The summed E-state index contributed by atoms with van der Waals surface area (Å²) >= 11 is 0. The highest BCUT2D eigenvalue weighted by molar-refractivity contribution is 6.07. The number of nitriles is 1. The molecule has 0 spiro atoms. The largest absolute Gasteiger partial charge is 0.454 e. The molecule has 0 bridgehead atoms. The van der Waals surface area contributed by atoms with Crippen molar-refractivity contribution in [1.82, 2.24) is 4.90 Å². The second-order valence-corrected chi connectivity index (χ2v) is 6.66. The number of carbonyl (C=O) groups is 4. The monoisotopic (exact) mass is 381 g/mol. The average Bonchev–Trinajstić information content (AvgIpc) is 2.93. The smallest absolute Gasteiger partial charge is 0.326 e. The van der Waals surface area contributed by atoms with Gasteiger partial charge in [-0.1, -0.05) is 24.3 Å². The first-order valence-corrected chi connectivity index (χ1v) is 8.91. The van der Waals surface area contributed by atoms with Crippen LogP contribution in [0.25, 0.3) is 0 Å². The van der Waals surface area contributed by atoms with Gasteiger partial charge in [-0.05, 0) is 30.5 Å². The van der Waals surface area contributed by atoms with Gasteiger partial charge in [0.1, 0.15) is 6.54 Å². The highest BCUT2D eigenvalue weighted by atomic mass is 16.5. The third-order valence-electron chi connectivity index (χ3n) is 4.77. The third-order valence-corrected chi connectivity index (χ3v) is 4.77. The van der Waals surface area contributed by atoms with E-state index in [0.29, 0.717) is 18.5 Å². The lowest BCUT2D eigenvalue weighted by Crippen LogP contribution is -2.37. The van der Waals surface area contributed by atoms with E-state index in [4.69, 9.17) is 10.00 Å². The maximum atomic E-state index is 12.3. The summed E-state index contributed by atoms with van der Waals surface area (Å²) in [6, 6.07) is 8.74. The molecular weight excluding hydrogens is 362 g/mol. The van der Waals surface area contributed by atoms with Gasteiger partial charge >= 0.3 is 5.97 Å². The van der Waals surface area contributed by atoms with E-state index >= 15 is 0 Å². The normalized spacial score (nSPS) is 20.5. The van der Waals surface area contributed by atoms with Crippen molar-refractivity contribution < 1.29 is 23.9 Å². The van der Waals surface area contributed by atoms with Crippen LogP contribution in [-0.4, -0.2) is 41.7 Å². The molecule has 1 aliphatic carbocycles. The summed E-state index contributed by atoms with van der Waals surface area (Å²) in [6.45, 7) is -1.01. The number of benzene rings is 1. The van der Waals surface area contributed by atoms with Gasteiger partial charge in [-0.15, -0.1) is 0 Å². The van der Waals surface area contributed by atoms with Crippen LogP contribution in [0.15, 0.2) is 36.4 Å². The lowest BCUT2D eigenvalue weighted by molar-refractivity contribution is -0.154. The SMILES string of the molecule is N#CCc1ccc(NC(=O)COC(=O)CN2C(=O)[C@H]3CC=CC[C@@H]3C2=O)cc1. The van der Waals surface area contributed by atoms with Crippen molar-refractivity contribution in [2.24, 2.45) is 11.8 Å². The summed E-state index contributed by atoms with van der Waals surface area (Å²) < 4.78 is 4.89. The van der Waals surface area contributed by atoms with Gasteiger partial charge in [0.05, 0.1) is 24.3 Å². The number of amides is 3.